The topological polar surface area (TPSA) is 70.2 Å². The van der Waals surface area contributed by atoms with Crippen LogP contribution < -0.4 is 16.2 Å². The normalized spacial score (nSPS) is 11.5. The quantitative estimate of drug-likeness (QED) is 0.640. The summed E-state index contributed by atoms with van der Waals surface area (Å²) in [5.41, 5.74) is 4.22. The Hall–Kier alpha value is -1.26. The predicted molar refractivity (Wildman–Crippen MR) is 63.6 cm³/mol. The van der Waals surface area contributed by atoms with Crippen molar-refractivity contribution in [2.45, 2.75) is 47.6 Å². The summed E-state index contributed by atoms with van der Waals surface area (Å²) in [5, 5.41) is 2.61. The summed E-state index contributed by atoms with van der Waals surface area (Å²) >= 11 is 0. The van der Waals surface area contributed by atoms with Gasteiger partial charge in [0, 0.05) is 11.5 Å². The highest BCUT2D eigenvalue weighted by atomic mass is 16.2. The highest BCUT2D eigenvalue weighted by Crippen LogP contribution is 2.25. The predicted octanol–water partition coefficient (Wildman–Crippen LogP) is 1.41. The van der Waals surface area contributed by atoms with E-state index in [1.54, 1.807) is 0 Å². The molecular weight excluding hydrogens is 206 g/mol. The zero-order valence-electron chi connectivity index (χ0n) is 11.0. The summed E-state index contributed by atoms with van der Waals surface area (Å²) in [6.07, 6.45) is 0. The van der Waals surface area contributed by atoms with Crippen molar-refractivity contribution in [1.82, 2.24) is 16.2 Å². The van der Waals surface area contributed by atoms with E-state index < -0.39 is 11.4 Å². The van der Waals surface area contributed by atoms with Crippen molar-refractivity contribution in [2.24, 2.45) is 11.3 Å². The highest BCUT2D eigenvalue weighted by Gasteiger charge is 2.31. The Labute approximate surface area is 97.3 Å². The third kappa shape index (κ3) is 4.51. The van der Waals surface area contributed by atoms with Crippen LogP contribution in [0.5, 0.6) is 0 Å². The van der Waals surface area contributed by atoms with Crippen LogP contribution in [0.2, 0.25) is 0 Å². The molecule has 5 heteroatoms. The largest absolute Gasteiger partial charge is 0.335 e. The van der Waals surface area contributed by atoms with Gasteiger partial charge in [-0.25, -0.2) is 10.2 Å². The average molecular weight is 229 g/mol. The molecule has 0 saturated heterocycles. The molecule has 94 valence electrons. The van der Waals surface area contributed by atoms with Gasteiger partial charge in [0.15, 0.2) is 0 Å². The lowest BCUT2D eigenvalue weighted by atomic mass is 9.80. The summed E-state index contributed by atoms with van der Waals surface area (Å²) in [6, 6.07) is -0.363. The highest BCUT2D eigenvalue weighted by molar-refractivity contribution is 5.84. The van der Waals surface area contributed by atoms with E-state index >= 15 is 0 Å². The van der Waals surface area contributed by atoms with Crippen LogP contribution in [-0.4, -0.2) is 18.0 Å². The molecule has 0 aromatic heterocycles. The molecule has 0 heterocycles. The first kappa shape index (κ1) is 14.7. The number of rotatable bonds is 3. The molecule has 0 unspecified atom stereocenters. The molecule has 0 radical (unpaired) electrons. The zero-order chi connectivity index (χ0) is 12.9. The van der Waals surface area contributed by atoms with E-state index in [1.165, 1.54) is 0 Å². The van der Waals surface area contributed by atoms with E-state index in [4.69, 9.17) is 0 Å². The van der Waals surface area contributed by atoms with Gasteiger partial charge in [0.2, 0.25) is 5.91 Å². The molecule has 0 aromatic rings. The van der Waals surface area contributed by atoms with Crippen LogP contribution in [0, 0.1) is 11.3 Å². The van der Waals surface area contributed by atoms with E-state index in [0.29, 0.717) is 0 Å². The van der Waals surface area contributed by atoms with Crippen molar-refractivity contribution in [1.29, 1.82) is 0 Å². The Bertz CT molecular complexity index is 260. The average Bonchev–Trinajstić information content (AvgIpc) is 2.12. The number of carbonyl (C=O) groups excluding carboxylic acids is 2. The van der Waals surface area contributed by atoms with Gasteiger partial charge in [-0.3, -0.25) is 10.2 Å². The fourth-order valence-electron chi connectivity index (χ4n) is 0.835. The third-order valence-corrected chi connectivity index (χ3v) is 2.74. The fraction of sp³-hybridized carbons (Fsp3) is 0.818. The molecule has 0 bridgehead atoms. The van der Waals surface area contributed by atoms with Crippen LogP contribution in [0.4, 0.5) is 4.79 Å². The Morgan fingerprint density at radius 2 is 1.50 bits per heavy atom. The molecule has 0 aliphatic heterocycles. The second-order valence-electron chi connectivity index (χ2n) is 5.08. The third-order valence-electron chi connectivity index (χ3n) is 2.74. The maximum atomic E-state index is 11.7. The molecule has 0 aliphatic carbocycles. The van der Waals surface area contributed by atoms with Gasteiger partial charge in [-0.05, 0) is 19.8 Å². The standard InChI is InChI=1S/C11H23N3O2/c1-7(2)11(5,6)9(15)13-14-10(16)12-8(3)4/h7-8H,1-6H3,(H,13,15)(H2,12,14,16). The Kier molecular flexibility index (Phi) is 5.27. The lowest BCUT2D eigenvalue weighted by Crippen LogP contribution is -2.53. The van der Waals surface area contributed by atoms with E-state index in [9.17, 15) is 9.59 Å². The lowest BCUT2D eigenvalue weighted by molar-refractivity contribution is -0.132. The minimum absolute atomic E-state index is 0.0370. The number of nitrogens with one attached hydrogen (secondary N) is 3. The maximum Gasteiger partial charge on any atom is 0.333 e. The van der Waals surface area contributed by atoms with Gasteiger partial charge in [0.05, 0.1) is 0 Å². The van der Waals surface area contributed by atoms with Gasteiger partial charge in [0.1, 0.15) is 0 Å². The zero-order valence-corrected chi connectivity index (χ0v) is 11.0. The van der Waals surface area contributed by atoms with Crippen LogP contribution >= 0.6 is 0 Å². The molecule has 0 fully saturated rings. The Morgan fingerprint density at radius 1 is 1.00 bits per heavy atom. The minimum atomic E-state index is -0.509. The fourth-order valence-corrected chi connectivity index (χ4v) is 0.835. The van der Waals surface area contributed by atoms with Crippen molar-refractivity contribution in [3.05, 3.63) is 0 Å². The second kappa shape index (κ2) is 5.72. The molecule has 0 spiro atoms. The van der Waals surface area contributed by atoms with Crippen LogP contribution in [0.25, 0.3) is 0 Å². The SMILES string of the molecule is CC(C)NC(=O)NNC(=O)C(C)(C)C(C)C. The maximum absolute atomic E-state index is 11.7. The molecular formula is C11H23N3O2. The molecule has 0 saturated carbocycles. The van der Waals surface area contributed by atoms with Gasteiger partial charge in [0.25, 0.3) is 0 Å². The Morgan fingerprint density at radius 3 is 1.88 bits per heavy atom. The van der Waals surface area contributed by atoms with Crippen LogP contribution in [0.15, 0.2) is 0 Å². The number of hydrogen-bond acceptors (Lipinski definition) is 2. The first-order chi connectivity index (χ1) is 7.17. The Balaban J connectivity index is 4.13. The summed E-state index contributed by atoms with van der Waals surface area (Å²) in [5.74, 6) is 0.00358. The number of hydrogen-bond donors (Lipinski definition) is 3. The summed E-state index contributed by atoms with van der Waals surface area (Å²) in [4.78, 5) is 23.0. The molecule has 0 rings (SSSR count). The lowest BCUT2D eigenvalue weighted by Gasteiger charge is -2.27. The molecule has 3 amide bonds. The molecule has 0 aromatic carbocycles. The number of carbonyl (C=O) groups is 2. The van der Waals surface area contributed by atoms with Crippen LogP contribution in [0.3, 0.4) is 0 Å². The molecule has 0 aliphatic rings. The molecule has 16 heavy (non-hydrogen) atoms. The van der Waals surface area contributed by atoms with Gasteiger partial charge >= 0.3 is 6.03 Å². The number of urea groups is 1. The van der Waals surface area contributed by atoms with Crippen molar-refractivity contribution < 1.29 is 9.59 Å². The van der Waals surface area contributed by atoms with E-state index in [1.807, 2.05) is 41.5 Å². The van der Waals surface area contributed by atoms with Gasteiger partial charge < -0.3 is 5.32 Å². The van der Waals surface area contributed by atoms with Gasteiger partial charge in [-0.15, -0.1) is 0 Å². The second-order valence-corrected chi connectivity index (χ2v) is 5.08. The number of amides is 3. The van der Waals surface area contributed by atoms with Crippen molar-refractivity contribution >= 4 is 11.9 Å². The molecule has 5 nitrogen and oxygen atoms in total. The first-order valence-corrected chi connectivity index (χ1v) is 5.54. The van der Waals surface area contributed by atoms with Crippen molar-refractivity contribution in [2.75, 3.05) is 0 Å². The van der Waals surface area contributed by atoms with E-state index in [-0.39, 0.29) is 17.9 Å². The van der Waals surface area contributed by atoms with Gasteiger partial charge in [-0.1, -0.05) is 27.7 Å². The summed E-state index contributed by atoms with van der Waals surface area (Å²) in [7, 11) is 0. The minimum Gasteiger partial charge on any atom is -0.335 e. The first-order valence-electron chi connectivity index (χ1n) is 5.54. The van der Waals surface area contributed by atoms with E-state index in [0.717, 1.165) is 0 Å². The van der Waals surface area contributed by atoms with Crippen molar-refractivity contribution in [3.8, 4) is 0 Å². The molecule has 3 N–H and O–H groups in total. The van der Waals surface area contributed by atoms with Crippen molar-refractivity contribution in [3.63, 3.8) is 0 Å². The summed E-state index contributed by atoms with van der Waals surface area (Å²) < 4.78 is 0. The smallest absolute Gasteiger partial charge is 0.333 e. The van der Waals surface area contributed by atoms with E-state index in [2.05, 4.69) is 16.2 Å². The van der Waals surface area contributed by atoms with Crippen LogP contribution in [0.1, 0.15) is 41.5 Å². The number of hydrazine groups is 1. The summed E-state index contributed by atoms with van der Waals surface area (Å²) in [6.45, 7) is 11.3. The van der Waals surface area contributed by atoms with Gasteiger partial charge in [-0.2, -0.15) is 0 Å². The monoisotopic (exact) mass is 229 g/mol. The van der Waals surface area contributed by atoms with Crippen LogP contribution in [-0.2, 0) is 4.79 Å². The molecule has 0 atom stereocenters.